The maximum Gasteiger partial charge on any atom is 0.122 e. The molecule has 0 saturated carbocycles. The first-order valence-electron chi connectivity index (χ1n) is 8.17. The molecule has 1 saturated heterocycles. The van der Waals surface area contributed by atoms with E-state index >= 15 is 0 Å². The molecule has 0 bridgehead atoms. The molecule has 0 aliphatic carbocycles. The molecule has 1 atom stereocenters. The standard InChI is InChI=1S/C17H31N3O/c1-14(2)9-18-10-17-16(6-8-21-17)13-20(4)12-15-5-7-19(3)11-15/h6,8,14-15,18H,5,7,9-13H2,1-4H3. The van der Waals surface area contributed by atoms with Gasteiger partial charge in [-0.05, 0) is 51.5 Å². The predicted molar refractivity (Wildman–Crippen MR) is 87.2 cm³/mol. The molecule has 2 rings (SSSR count). The lowest BCUT2D eigenvalue weighted by atomic mass is 10.1. The largest absolute Gasteiger partial charge is 0.468 e. The van der Waals surface area contributed by atoms with E-state index in [1.807, 2.05) is 6.26 Å². The van der Waals surface area contributed by atoms with Crippen molar-refractivity contribution in [2.75, 3.05) is 40.3 Å². The van der Waals surface area contributed by atoms with Gasteiger partial charge in [0.05, 0.1) is 12.8 Å². The molecule has 1 N–H and O–H groups in total. The van der Waals surface area contributed by atoms with Crippen LogP contribution >= 0.6 is 0 Å². The van der Waals surface area contributed by atoms with E-state index in [4.69, 9.17) is 4.42 Å². The van der Waals surface area contributed by atoms with E-state index in [0.29, 0.717) is 5.92 Å². The van der Waals surface area contributed by atoms with Crippen molar-refractivity contribution in [3.63, 3.8) is 0 Å². The summed E-state index contributed by atoms with van der Waals surface area (Å²) in [5.41, 5.74) is 1.32. The smallest absolute Gasteiger partial charge is 0.122 e. The van der Waals surface area contributed by atoms with E-state index in [0.717, 1.165) is 31.3 Å². The van der Waals surface area contributed by atoms with Crippen molar-refractivity contribution >= 4 is 0 Å². The van der Waals surface area contributed by atoms with Gasteiger partial charge in [-0.3, -0.25) is 0 Å². The fraction of sp³-hybridized carbons (Fsp3) is 0.765. The average Bonchev–Trinajstić information content (AvgIpc) is 2.99. The minimum absolute atomic E-state index is 0.672. The lowest BCUT2D eigenvalue weighted by molar-refractivity contribution is 0.265. The molecule has 21 heavy (non-hydrogen) atoms. The number of likely N-dealkylation sites (tertiary alicyclic amines) is 1. The molecule has 4 heteroatoms. The summed E-state index contributed by atoms with van der Waals surface area (Å²) in [5.74, 6) is 2.57. The molecule has 0 aromatic carbocycles. The third kappa shape index (κ3) is 5.46. The molecule has 0 radical (unpaired) electrons. The molecule has 2 heterocycles. The topological polar surface area (TPSA) is 31.7 Å². The number of rotatable bonds is 8. The molecule has 0 amide bonds. The summed E-state index contributed by atoms with van der Waals surface area (Å²) in [6.07, 6.45) is 3.15. The van der Waals surface area contributed by atoms with Gasteiger partial charge in [0.15, 0.2) is 0 Å². The third-order valence-corrected chi connectivity index (χ3v) is 4.17. The number of nitrogens with one attached hydrogen (secondary N) is 1. The van der Waals surface area contributed by atoms with Crippen molar-refractivity contribution < 1.29 is 4.42 Å². The Balaban J connectivity index is 1.78. The normalized spacial score (nSPS) is 20.0. The summed E-state index contributed by atoms with van der Waals surface area (Å²) < 4.78 is 5.64. The summed E-state index contributed by atoms with van der Waals surface area (Å²) in [4.78, 5) is 4.86. The lowest BCUT2D eigenvalue weighted by Gasteiger charge is -2.21. The molecular formula is C17H31N3O. The highest BCUT2D eigenvalue weighted by atomic mass is 16.3. The van der Waals surface area contributed by atoms with Crippen molar-refractivity contribution in [3.05, 3.63) is 23.7 Å². The van der Waals surface area contributed by atoms with Crippen LogP contribution in [0, 0.1) is 11.8 Å². The fourth-order valence-corrected chi connectivity index (χ4v) is 3.11. The van der Waals surface area contributed by atoms with Crippen LogP contribution in [0.4, 0.5) is 0 Å². The fourth-order valence-electron chi connectivity index (χ4n) is 3.11. The van der Waals surface area contributed by atoms with Crippen LogP contribution in [0.3, 0.4) is 0 Å². The van der Waals surface area contributed by atoms with E-state index in [1.165, 1.54) is 31.6 Å². The van der Waals surface area contributed by atoms with Crippen molar-refractivity contribution in [2.24, 2.45) is 11.8 Å². The van der Waals surface area contributed by atoms with Crippen LogP contribution in [0.15, 0.2) is 16.7 Å². The number of hydrogen-bond acceptors (Lipinski definition) is 4. The van der Waals surface area contributed by atoms with Gasteiger partial charge in [0.1, 0.15) is 5.76 Å². The Morgan fingerprint density at radius 2 is 2.29 bits per heavy atom. The van der Waals surface area contributed by atoms with Gasteiger partial charge in [-0.15, -0.1) is 0 Å². The van der Waals surface area contributed by atoms with Gasteiger partial charge in [-0.25, -0.2) is 0 Å². The Morgan fingerprint density at radius 1 is 1.48 bits per heavy atom. The van der Waals surface area contributed by atoms with E-state index in [1.54, 1.807) is 0 Å². The number of nitrogens with zero attached hydrogens (tertiary/aromatic N) is 2. The minimum Gasteiger partial charge on any atom is -0.468 e. The van der Waals surface area contributed by atoms with Crippen LogP contribution < -0.4 is 5.32 Å². The van der Waals surface area contributed by atoms with E-state index in [2.05, 4.69) is 49.1 Å². The van der Waals surface area contributed by atoms with Gasteiger partial charge >= 0.3 is 0 Å². The molecule has 0 spiro atoms. The first-order valence-corrected chi connectivity index (χ1v) is 8.17. The zero-order valence-electron chi connectivity index (χ0n) is 14.1. The molecule has 1 aliphatic heterocycles. The monoisotopic (exact) mass is 293 g/mol. The second kappa shape index (κ2) is 7.97. The Hall–Kier alpha value is -0.840. The van der Waals surface area contributed by atoms with Gasteiger partial charge < -0.3 is 19.5 Å². The number of hydrogen-bond donors (Lipinski definition) is 1. The number of furan rings is 1. The minimum atomic E-state index is 0.672. The molecule has 1 aromatic rings. The van der Waals surface area contributed by atoms with Gasteiger partial charge in [0.2, 0.25) is 0 Å². The van der Waals surface area contributed by atoms with E-state index in [-0.39, 0.29) is 0 Å². The average molecular weight is 293 g/mol. The second-order valence-electron chi connectivity index (χ2n) is 7.01. The van der Waals surface area contributed by atoms with Crippen molar-refractivity contribution in [3.8, 4) is 0 Å². The zero-order chi connectivity index (χ0) is 15.2. The van der Waals surface area contributed by atoms with Crippen LogP contribution in [0.5, 0.6) is 0 Å². The summed E-state index contributed by atoms with van der Waals surface area (Å²) in [6.45, 7) is 11.0. The first kappa shape index (κ1) is 16.5. The Morgan fingerprint density at radius 3 is 2.95 bits per heavy atom. The lowest BCUT2D eigenvalue weighted by Crippen LogP contribution is -2.27. The molecule has 1 unspecified atom stereocenters. The molecular weight excluding hydrogens is 262 g/mol. The maximum absolute atomic E-state index is 5.64. The highest BCUT2D eigenvalue weighted by molar-refractivity contribution is 5.16. The third-order valence-electron chi connectivity index (χ3n) is 4.17. The molecule has 1 fully saturated rings. The highest BCUT2D eigenvalue weighted by Gasteiger charge is 2.21. The Bertz CT molecular complexity index is 416. The SMILES string of the molecule is CC(C)CNCc1occc1CN(C)CC1CCN(C)C1. The van der Waals surface area contributed by atoms with Crippen LogP contribution in [0.25, 0.3) is 0 Å². The van der Waals surface area contributed by atoms with E-state index < -0.39 is 0 Å². The maximum atomic E-state index is 5.64. The van der Waals surface area contributed by atoms with Crippen LogP contribution in [-0.2, 0) is 13.1 Å². The Labute approximate surface area is 129 Å². The van der Waals surface area contributed by atoms with Gasteiger partial charge in [0.25, 0.3) is 0 Å². The highest BCUT2D eigenvalue weighted by Crippen LogP contribution is 2.18. The predicted octanol–water partition coefficient (Wildman–Crippen LogP) is 2.41. The zero-order valence-corrected chi connectivity index (χ0v) is 14.1. The van der Waals surface area contributed by atoms with Gasteiger partial charge in [0, 0.05) is 25.2 Å². The van der Waals surface area contributed by atoms with E-state index in [9.17, 15) is 0 Å². The van der Waals surface area contributed by atoms with Gasteiger partial charge in [-0.1, -0.05) is 13.8 Å². The second-order valence-corrected chi connectivity index (χ2v) is 7.01. The summed E-state index contributed by atoms with van der Waals surface area (Å²) >= 11 is 0. The summed E-state index contributed by atoms with van der Waals surface area (Å²) in [6, 6.07) is 2.11. The van der Waals surface area contributed by atoms with Crippen LogP contribution in [0.1, 0.15) is 31.6 Å². The quantitative estimate of drug-likeness (QED) is 0.797. The van der Waals surface area contributed by atoms with Gasteiger partial charge in [-0.2, -0.15) is 0 Å². The summed E-state index contributed by atoms with van der Waals surface area (Å²) in [5, 5.41) is 3.46. The van der Waals surface area contributed by atoms with Crippen LogP contribution in [0.2, 0.25) is 0 Å². The molecule has 1 aromatic heterocycles. The molecule has 4 nitrogen and oxygen atoms in total. The molecule has 1 aliphatic rings. The summed E-state index contributed by atoms with van der Waals surface area (Å²) in [7, 11) is 4.44. The van der Waals surface area contributed by atoms with Crippen molar-refractivity contribution in [2.45, 2.75) is 33.4 Å². The van der Waals surface area contributed by atoms with Crippen molar-refractivity contribution in [1.29, 1.82) is 0 Å². The van der Waals surface area contributed by atoms with Crippen LogP contribution in [-0.4, -0.2) is 50.1 Å². The van der Waals surface area contributed by atoms with Crippen molar-refractivity contribution in [1.82, 2.24) is 15.1 Å². The Kier molecular flexibility index (Phi) is 6.27. The first-order chi connectivity index (χ1) is 10.0. The molecule has 120 valence electrons.